The van der Waals surface area contributed by atoms with Crippen LogP contribution < -0.4 is 10.5 Å². The first-order valence-electron chi connectivity index (χ1n) is 8.44. The molecule has 2 aromatic rings. The number of pyridine rings is 1. The lowest BCUT2D eigenvalue weighted by atomic mass is 10.00. The molecule has 0 radical (unpaired) electrons. The molecule has 2 aromatic heterocycles. The number of piperidine rings is 1. The molecule has 1 saturated heterocycles. The first kappa shape index (κ1) is 16.3. The van der Waals surface area contributed by atoms with Crippen molar-refractivity contribution in [1.82, 2.24) is 4.57 Å². The summed E-state index contributed by atoms with van der Waals surface area (Å²) in [5.74, 6) is 0.147. The van der Waals surface area contributed by atoms with Gasteiger partial charge in [-0.15, -0.1) is 11.3 Å². The van der Waals surface area contributed by atoms with Gasteiger partial charge < -0.3 is 14.6 Å². The van der Waals surface area contributed by atoms with Gasteiger partial charge in [-0.2, -0.15) is 0 Å². The van der Waals surface area contributed by atoms with Gasteiger partial charge in [0.1, 0.15) is 11.3 Å². The Kier molecular flexibility index (Phi) is 4.87. The van der Waals surface area contributed by atoms with Crippen LogP contribution >= 0.6 is 11.3 Å². The number of nitrogens with zero attached hydrogens (tertiary/aromatic N) is 1. The van der Waals surface area contributed by atoms with E-state index in [1.165, 1.54) is 29.0 Å². The molecule has 0 unspecified atom stereocenters. The second-order valence-corrected chi connectivity index (χ2v) is 7.28. The average Bonchev–Trinajstić information content (AvgIpc) is 3.06. The number of hydrogen-bond donors (Lipinski definition) is 2. The average molecular weight is 333 g/mol. The maximum atomic E-state index is 13.0. The lowest BCUT2D eigenvalue weighted by Crippen LogP contribution is -3.13. The summed E-state index contributed by atoms with van der Waals surface area (Å²) in [7, 11) is 0. The summed E-state index contributed by atoms with van der Waals surface area (Å²) in [6.45, 7) is 6.60. The Morgan fingerprint density at radius 3 is 2.70 bits per heavy atom. The van der Waals surface area contributed by atoms with Crippen LogP contribution in [0.2, 0.25) is 0 Å². The summed E-state index contributed by atoms with van der Waals surface area (Å²) in [6.07, 6.45) is 3.64. The third kappa shape index (κ3) is 3.08. The van der Waals surface area contributed by atoms with Gasteiger partial charge in [0.25, 0.3) is 5.56 Å². The predicted molar refractivity (Wildman–Crippen MR) is 93.5 cm³/mol. The number of aromatic nitrogens is 1. The van der Waals surface area contributed by atoms with Crippen molar-refractivity contribution in [2.45, 2.75) is 45.7 Å². The van der Waals surface area contributed by atoms with E-state index in [0.717, 1.165) is 18.8 Å². The molecule has 0 amide bonds. The zero-order valence-corrected chi connectivity index (χ0v) is 14.7. The minimum Gasteiger partial charge on any atom is -0.507 e. The van der Waals surface area contributed by atoms with Crippen molar-refractivity contribution < 1.29 is 10.0 Å². The van der Waals surface area contributed by atoms with Gasteiger partial charge in [-0.05, 0) is 50.6 Å². The number of likely N-dealkylation sites (tertiary alicyclic amines) is 1. The normalized spacial score (nSPS) is 17.3. The monoisotopic (exact) mass is 333 g/mol. The first-order chi connectivity index (χ1) is 11.1. The lowest BCUT2D eigenvalue weighted by Gasteiger charge is -2.31. The van der Waals surface area contributed by atoms with E-state index in [4.69, 9.17) is 0 Å². The minimum absolute atomic E-state index is 0.0403. The van der Waals surface area contributed by atoms with E-state index in [1.54, 1.807) is 22.0 Å². The molecule has 0 bridgehead atoms. The number of aryl methyl sites for hydroxylation is 1. The van der Waals surface area contributed by atoms with E-state index >= 15 is 0 Å². The Labute approximate surface area is 141 Å². The van der Waals surface area contributed by atoms with E-state index in [2.05, 4.69) is 11.4 Å². The van der Waals surface area contributed by atoms with Crippen LogP contribution in [0.3, 0.4) is 0 Å². The Balaban J connectivity index is 2.15. The fourth-order valence-electron chi connectivity index (χ4n) is 3.73. The SMILES string of the molecule is CCn1c(C)cc(O)c([C@H](c2cccs2)[NH+]2CCCCC2)c1=O. The fraction of sp³-hybridized carbons (Fsp3) is 0.500. The molecule has 1 aliphatic heterocycles. The number of quaternary nitrogens is 1. The molecule has 0 spiro atoms. The highest BCUT2D eigenvalue weighted by atomic mass is 32.1. The molecule has 1 atom stereocenters. The highest BCUT2D eigenvalue weighted by Gasteiger charge is 2.33. The Hall–Kier alpha value is -1.59. The van der Waals surface area contributed by atoms with Crippen molar-refractivity contribution in [2.75, 3.05) is 13.1 Å². The topological polar surface area (TPSA) is 46.7 Å². The molecule has 5 heteroatoms. The number of rotatable bonds is 4. The van der Waals surface area contributed by atoms with Crippen molar-refractivity contribution in [3.63, 3.8) is 0 Å². The van der Waals surface area contributed by atoms with Crippen LogP contribution in [-0.4, -0.2) is 22.8 Å². The van der Waals surface area contributed by atoms with Gasteiger partial charge in [0.05, 0.1) is 18.0 Å². The van der Waals surface area contributed by atoms with E-state index in [9.17, 15) is 9.90 Å². The molecule has 3 heterocycles. The minimum atomic E-state index is -0.0544. The number of nitrogens with one attached hydrogen (secondary N) is 1. The van der Waals surface area contributed by atoms with Gasteiger partial charge >= 0.3 is 0 Å². The van der Waals surface area contributed by atoms with Gasteiger partial charge in [-0.1, -0.05) is 6.07 Å². The van der Waals surface area contributed by atoms with E-state index in [1.807, 2.05) is 19.9 Å². The molecule has 0 saturated carbocycles. The van der Waals surface area contributed by atoms with Crippen LogP contribution in [0.15, 0.2) is 28.4 Å². The number of aromatic hydroxyl groups is 1. The van der Waals surface area contributed by atoms with E-state index in [0.29, 0.717) is 12.1 Å². The second-order valence-electron chi connectivity index (χ2n) is 6.30. The standard InChI is InChI=1S/C18H24N2O2S/c1-3-20-13(2)12-14(21)16(18(20)22)17(15-8-7-11-23-15)19-9-5-4-6-10-19/h7-8,11-12,17,21H,3-6,9-10H2,1-2H3/p+1/t17-/m0/s1. The van der Waals surface area contributed by atoms with Crippen LogP contribution in [0.25, 0.3) is 0 Å². The van der Waals surface area contributed by atoms with Crippen molar-refractivity contribution in [2.24, 2.45) is 0 Å². The zero-order valence-electron chi connectivity index (χ0n) is 13.8. The van der Waals surface area contributed by atoms with Crippen molar-refractivity contribution in [3.8, 4) is 5.75 Å². The smallest absolute Gasteiger partial charge is 0.264 e. The quantitative estimate of drug-likeness (QED) is 0.900. The first-order valence-corrected chi connectivity index (χ1v) is 9.32. The molecule has 3 rings (SSSR count). The van der Waals surface area contributed by atoms with Crippen LogP contribution in [0.5, 0.6) is 5.75 Å². The summed E-state index contributed by atoms with van der Waals surface area (Å²) in [6, 6.07) is 5.80. The number of thiophene rings is 1. The Bertz CT molecular complexity index is 715. The van der Waals surface area contributed by atoms with Crippen molar-refractivity contribution in [3.05, 3.63) is 50.1 Å². The second kappa shape index (κ2) is 6.89. The molecule has 0 aliphatic carbocycles. The molecular weight excluding hydrogens is 308 g/mol. The molecule has 1 fully saturated rings. The largest absolute Gasteiger partial charge is 0.507 e. The maximum Gasteiger partial charge on any atom is 0.264 e. The van der Waals surface area contributed by atoms with E-state index in [-0.39, 0.29) is 17.4 Å². The molecule has 4 nitrogen and oxygen atoms in total. The van der Waals surface area contributed by atoms with Crippen LogP contribution in [0.4, 0.5) is 0 Å². The number of hydrogen-bond acceptors (Lipinski definition) is 3. The van der Waals surface area contributed by atoms with Gasteiger partial charge in [0.15, 0.2) is 6.04 Å². The summed E-state index contributed by atoms with van der Waals surface area (Å²) in [5.41, 5.74) is 1.34. The third-order valence-corrected chi connectivity index (χ3v) is 5.80. The third-order valence-electron chi connectivity index (χ3n) is 4.86. The molecule has 124 valence electrons. The highest BCUT2D eigenvalue weighted by Crippen LogP contribution is 2.28. The Morgan fingerprint density at radius 1 is 1.35 bits per heavy atom. The van der Waals surface area contributed by atoms with Crippen LogP contribution in [-0.2, 0) is 6.54 Å². The molecule has 1 aliphatic rings. The van der Waals surface area contributed by atoms with Gasteiger partial charge in [0.2, 0.25) is 0 Å². The van der Waals surface area contributed by atoms with E-state index < -0.39 is 0 Å². The predicted octanol–water partition coefficient (Wildman–Crippen LogP) is 2.10. The molecule has 0 aromatic carbocycles. The maximum absolute atomic E-state index is 13.0. The molecular formula is C18H25N2O2S+. The van der Waals surface area contributed by atoms with Gasteiger partial charge in [-0.25, -0.2) is 0 Å². The van der Waals surface area contributed by atoms with Crippen molar-refractivity contribution in [1.29, 1.82) is 0 Å². The Morgan fingerprint density at radius 2 is 2.09 bits per heavy atom. The van der Waals surface area contributed by atoms with Gasteiger partial charge in [-0.3, -0.25) is 4.79 Å². The van der Waals surface area contributed by atoms with Gasteiger partial charge in [0, 0.05) is 12.2 Å². The summed E-state index contributed by atoms with van der Waals surface area (Å²) >= 11 is 1.67. The molecule has 2 N–H and O–H groups in total. The highest BCUT2D eigenvalue weighted by molar-refractivity contribution is 7.10. The fourth-order valence-corrected chi connectivity index (χ4v) is 4.62. The zero-order chi connectivity index (χ0) is 16.4. The summed E-state index contributed by atoms with van der Waals surface area (Å²) < 4.78 is 1.76. The van der Waals surface area contributed by atoms with Crippen LogP contribution in [0, 0.1) is 6.92 Å². The lowest BCUT2D eigenvalue weighted by molar-refractivity contribution is -0.930. The van der Waals surface area contributed by atoms with Crippen LogP contribution in [0.1, 0.15) is 48.4 Å². The molecule has 23 heavy (non-hydrogen) atoms. The van der Waals surface area contributed by atoms with Crippen molar-refractivity contribution >= 4 is 11.3 Å². The summed E-state index contributed by atoms with van der Waals surface area (Å²) in [4.78, 5) is 15.6. The summed E-state index contributed by atoms with van der Waals surface area (Å²) in [5, 5.41) is 12.6.